The fourth-order valence-electron chi connectivity index (χ4n) is 7.50. The molecule has 66 heavy (non-hydrogen) atoms. The molecule has 8 rings (SSSR count). The van der Waals surface area contributed by atoms with E-state index in [9.17, 15) is 28.8 Å². The minimum absolute atomic E-state index is 0.0370. The molecule has 10 nitrogen and oxygen atoms in total. The van der Waals surface area contributed by atoms with Gasteiger partial charge in [-0.2, -0.15) is 0 Å². The first-order chi connectivity index (χ1) is 32.1. The second-order valence-electron chi connectivity index (χ2n) is 15.2. The van der Waals surface area contributed by atoms with Crippen molar-refractivity contribution in [3.8, 4) is 34.1 Å². The van der Waals surface area contributed by atoms with Gasteiger partial charge in [-0.05, 0) is 141 Å². The second kappa shape index (κ2) is 19.7. The zero-order valence-corrected chi connectivity index (χ0v) is 35.7. The van der Waals surface area contributed by atoms with Crippen LogP contribution in [0.5, 0.6) is 23.0 Å². The van der Waals surface area contributed by atoms with Crippen LogP contribution in [-0.4, -0.2) is 35.4 Å². The molecular formula is C56H40O10. The highest BCUT2D eigenvalue weighted by molar-refractivity contribution is 6.11. The molecule has 0 spiro atoms. The van der Waals surface area contributed by atoms with Crippen LogP contribution in [0.4, 0.5) is 0 Å². The van der Waals surface area contributed by atoms with Gasteiger partial charge < -0.3 is 18.9 Å². The van der Waals surface area contributed by atoms with Crippen molar-refractivity contribution in [2.24, 2.45) is 0 Å². The predicted molar refractivity (Wildman–Crippen MR) is 250 cm³/mol. The first-order valence-corrected chi connectivity index (χ1v) is 21.0. The number of fused-ring (bicyclic) bond motifs is 2. The van der Waals surface area contributed by atoms with Gasteiger partial charge in [-0.15, -0.1) is 0 Å². The fraction of sp³-hybridized carbons (Fsp3) is 0.0714. The molecule has 0 saturated heterocycles. The number of rotatable bonds is 15. The molecule has 8 aromatic carbocycles. The lowest BCUT2D eigenvalue weighted by atomic mass is 9.84. The summed E-state index contributed by atoms with van der Waals surface area (Å²) in [5.41, 5.74) is 4.56. The zero-order valence-electron chi connectivity index (χ0n) is 35.7. The smallest absolute Gasteiger partial charge is 0.343 e. The van der Waals surface area contributed by atoms with Gasteiger partial charge in [0.05, 0.1) is 11.1 Å². The minimum Gasteiger partial charge on any atom is -0.427 e. The first kappa shape index (κ1) is 43.9. The van der Waals surface area contributed by atoms with Crippen molar-refractivity contribution in [1.29, 1.82) is 0 Å². The summed E-state index contributed by atoms with van der Waals surface area (Å²) in [6.45, 7) is 5.06. The molecule has 0 aromatic heterocycles. The Labute approximate surface area is 379 Å². The van der Waals surface area contributed by atoms with Gasteiger partial charge in [0.1, 0.15) is 23.0 Å². The molecule has 0 aliphatic heterocycles. The Morgan fingerprint density at radius 1 is 0.424 bits per heavy atom. The highest BCUT2D eigenvalue weighted by Crippen LogP contribution is 2.40. The molecular weight excluding hydrogens is 833 g/mol. The van der Waals surface area contributed by atoms with Crippen LogP contribution in [0, 0.1) is 0 Å². The quantitative estimate of drug-likeness (QED) is 0.0423. The van der Waals surface area contributed by atoms with E-state index >= 15 is 0 Å². The molecule has 0 N–H and O–H groups in total. The van der Waals surface area contributed by atoms with Crippen LogP contribution in [0.3, 0.4) is 0 Å². The van der Waals surface area contributed by atoms with E-state index in [1.807, 2.05) is 72.8 Å². The number of hydrogen-bond donors (Lipinski definition) is 0. The average molecular weight is 873 g/mol. The van der Waals surface area contributed by atoms with Crippen LogP contribution in [-0.2, 0) is 22.4 Å². The number of Topliss-reactive ketones (excluding diaryl/α,β-unsaturated/α-hetero) is 2. The lowest BCUT2D eigenvalue weighted by Crippen LogP contribution is -2.10. The van der Waals surface area contributed by atoms with Gasteiger partial charge in [0.25, 0.3) is 0 Å². The molecule has 0 atom stereocenters. The third kappa shape index (κ3) is 10.0. The van der Waals surface area contributed by atoms with Crippen LogP contribution in [0.25, 0.3) is 32.7 Å². The van der Waals surface area contributed by atoms with Crippen LogP contribution in [0.2, 0.25) is 0 Å². The number of carbonyl (C=O) groups is 6. The maximum atomic E-state index is 14.1. The van der Waals surface area contributed by atoms with E-state index in [1.54, 1.807) is 55.5 Å². The third-order valence-electron chi connectivity index (χ3n) is 10.8. The van der Waals surface area contributed by atoms with Crippen LogP contribution in [0.15, 0.2) is 183 Å². The maximum Gasteiger partial charge on any atom is 0.343 e. The van der Waals surface area contributed by atoms with Gasteiger partial charge in [-0.1, -0.05) is 86.3 Å². The van der Waals surface area contributed by atoms with Gasteiger partial charge >= 0.3 is 23.9 Å². The molecule has 0 fully saturated rings. The summed E-state index contributed by atoms with van der Waals surface area (Å²) in [6.07, 6.45) is 1.34. The number of benzene rings is 8. The van der Waals surface area contributed by atoms with E-state index in [-0.39, 0.29) is 65.2 Å². The summed E-state index contributed by atoms with van der Waals surface area (Å²) in [5.74, 6) is -1.50. The van der Waals surface area contributed by atoms with Crippen molar-refractivity contribution < 1.29 is 47.7 Å². The standard InChI is InChI=1S/C56H40O10/c1-3-51(59)63-43-29-21-39(22-30-43)55(61)65-45-25-17-37(18-26-45)49(57)33-41-15-13-35-9-5-7-11-47(35)53(41)54-42(16-14-36-10-6-8-12-48(36)54)34-50(58)38-19-27-46(28-20-38)66-56(62)40-23-31-44(32-24-40)64-52(60)4-2/h3,5-32H,1,4,33-34H2,2H3. The number of carbonyl (C=O) groups excluding carboxylic acids is 6. The Hall–Kier alpha value is -8.76. The number of ketones is 2. The van der Waals surface area contributed by atoms with Gasteiger partial charge in [0.15, 0.2) is 11.6 Å². The number of hydrogen-bond acceptors (Lipinski definition) is 10. The van der Waals surface area contributed by atoms with E-state index in [4.69, 9.17) is 18.9 Å². The van der Waals surface area contributed by atoms with E-state index in [0.29, 0.717) is 16.9 Å². The highest BCUT2D eigenvalue weighted by Gasteiger charge is 2.22. The molecule has 0 amide bonds. The molecule has 0 saturated carbocycles. The first-order valence-electron chi connectivity index (χ1n) is 21.0. The predicted octanol–water partition coefficient (Wildman–Crippen LogP) is 11.4. The lowest BCUT2D eigenvalue weighted by molar-refractivity contribution is -0.134. The molecule has 8 aromatic rings. The van der Waals surface area contributed by atoms with Crippen molar-refractivity contribution >= 4 is 57.0 Å². The molecule has 0 aliphatic rings. The monoisotopic (exact) mass is 872 g/mol. The van der Waals surface area contributed by atoms with E-state index in [2.05, 4.69) is 6.58 Å². The van der Waals surface area contributed by atoms with E-state index < -0.39 is 17.9 Å². The Balaban J connectivity index is 1.03. The van der Waals surface area contributed by atoms with Crippen LogP contribution >= 0.6 is 0 Å². The maximum absolute atomic E-state index is 14.1. The number of ether oxygens (including phenoxy) is 4. The van der Waals surface area contributed by atoms with Crippen molar-refractivity contribution in [2.75, 3.05) is 0 Å². The fourth-order valence-corrected chi connectivity index (χ4v) is 7.50. The Kier molecular flexibility index (Phi) is 13.1. The summed E-state index contributed by atoms with van der Waals surface area (Å²) in [7, 11) is 0. The Bertz CT molecular complexity index is 3170. The lowest BCUT2D eigenvalue weighted by Gasteiger charge is -2.19. The average Bonchev–Trinajstić information content (AvgIpc) is 3.34. The Morgan fingerprint density at radius 2 is 0.788 bits per heavy atom. The van der Waals surface area contributed by atoms with Gasteiger partial charge in [-0.25, -0.2) is 14.4 Å². The summed E-state index contributed by atoms with van der Waals surface area (Å²) >= 11 is 0. The SMILES string of the molecule is C=CC(=O)Oc1ccc(C(=O)Oc2ccc(C(=O)Cc3ccc4ccccc4c3-c3c(CC(=O)c4ccc(OC(=O)c5ccc(OC(=O)CC)cc5)cc4)ccc4ccccc34)cc2)cc1. The summed E-state index contributed by atoms with van der Waals surface area (Å²) in [6, 6.07) is 48.5. The van der Waals surface area contributed by atoms with Gasteiger partial charge in [0.2, 0.25) is 0 Å². The second-order valence-corrected chi connectivity index (χ2v) is 15.2. The molecule has 0 heterocycles. The topological polar surface area (TPSA) is 139 Å². The number of esters is 4. The third-order valence-corrected chi connectivity index (χ3v) is 10.8. The van der Waals surface area contributed by atoms with Crippen molar-refractivity contribution in [1.82, 2.24) is 0 Å². The minimum atomic E-state index is -0.628. The van der Waals surface area contributed by atoms with Crippen molar-refractivity contribution in [3.63, 3.8) is 0 Å². The largest absolute Gasteiger partial charge is 0.427 e. The molecule has 10 heteroatoms. The molecule has 0 radical (unpaired) electrons. The van der Waals surface area contributed by atoms with Crippen molar-refractivity contribution in [2.45, 2.75) is 26.2 Å². The summed E-state index contributed by atoms with van der Waals surface area (Å²) in [4.78, 5) is 77.1. The molecule has 0 unspecified atom stereocenters. The molecule has 0 bridgehead atoms. The Morgan fingerprint density at radius 3 is 1.18 bits per heavy atom. The normalized spacial score (nSPS) is 10.8. The van der Waals surface area contributed by atoms with Gasteiger partial charge in [-0.3, -0.25) is 14.4 Å². The summed E-state index contributed by atoms with van der Waals surface area (Å²) in [5, 5.41) is 3.78. The van der Waals surface area contributed by atoms with Crippen LogP contribution in [0.1, 0.15) is 65.9 Å². The van der Waals surface area contributed by atoms with Gasteiger partial charge in [0, 0.05) is 36.5 Å². The van der Waals surface area contributed by atoms with Crippen LogP contribution < -0.4 is 18.9 Å². The molecule has 324 valence electrons. The zero-order chi connectivity index (χ0) is 46.2. The van der Waals surface area contributed by atoms with Crippen molar-refractivity contribution in [3.05, 3.63) is 216 Å². The van der Waals surface area contributed by atoms with E-state index in [1.165, 1.54) is 48.5 Å². The molecule has 0 aliphatic carbocycles. The highest BCUT2D eigenvalue weighted by atomic mass is 16.5. The summed E-state index contributed by atoms with van der Waals surface area (Å²) < 4.78 is 21.4. The van der Waals surface area contributed by atoms with E-state index in [0.717, 1.165) is 49.9 Å².